The van der Waals surface area contributed by atoms with Gasteiger partial charge < -0.3 is 0 Å². The number of benzene rings is 6. The SMILES string of the molecule is CC1C=C(c2nc(-c3ccccc3)nc(-c3ccc(-c4ccc(-c5cc(-c6ccccc6)nc(-c6ccccc6)n5)c5c4sc4ccccc45)cc3)n2)C=CC1. The highest BCUT2D eigenvalue weighted by molar-refractivity contribution is 7.26. The molecule has 0 bridgehead atoms. The highest BCUT2D eigenvalue weighted by Gasteiger charge is 2.20. The third-order valence-electron chi connectivity index (χ3n) is 10.3. The molecule has 0 spiro atoms. The number of hydrogen-bond donors (Lipinski definition) is 0. The van der Waals surface area contributed by atoms with Crippen LogP contribution in [-0.4, -0.2) is 24.9 Å². The molecule has 3 heterocycles. The quantitative estimate of drug-likeness (QED) is 0.163. The molecule has 1 aliphatic carbocycles. The van der Waals surface area contributed by atoms with Gasteiger partial charge in [0.15, 0.2) is 23.3 Å². The maximum absolute atomic E-state index is 5.22. The van der Waals surface area contributed by atoms with E-state index in [0.717, 1.165) is 56.8 Å². The first-order chi connectivity index (χ1) is 27.6. The van der Waals surface area contributed by atoms with Gasteiger partial charge in [-0.15, -0.1) is 11.3 Å². The van der Waals surface area contributed by atoms with Crippen LogP contribution in [0.25, 0.3) is 93.6 Å². The molecule has 1 atom stereocenters. The lowest BCUT2D eigenvalue weighted by molar-refractivity contribution is 0.738. The molecule has 56 heavy (non-hydrogen) atoms. The molecule has 0 aliphatic heterocycles. The van der Waals surface area contributed by atoms with E-state index < -0.39 is 0 Å². The average molecular weight is 738 g/mol. The molecule has 6 heteroatoms. The third-order valence-corrected chi connectivity index (χ3v) is 11.5. The van der Waals surface area contributed by atoms with E-state index in [-0.39, 0.29) is 0 Å². The highest BCUT2D eigenvalue weighted by atomic mass is 32.1. The van der Waals surface area contributed by atoms with Crippen LogP contribution >= 0.6 is 11.3 Å². The Morgan fingerprint density at radius 2 is 1.02 bits per heavy atom. The minimum Gasteiger partial charge on any atom is -0.228 e. The Bertz CT molecular complexity index is 2880. The molecule has 5 nitrogen and oxygen atoms in total. The third kappa shape index (κ3) is 6.40. The molecule has 3 aromatic heterocycles. The number of fused-ring (bicyclic) bond motifs is 3. The van der Waals surface area contributed by atoms with Crippen molar-refractivity contribution < 1.29 is 0 Å². The summed E-state index contributed by atoms with van der Waals surface area (Å²) in [5.74, 6) is 3.15. The topological polar surface area (TPSA) is 64.5 Å². The summed E-state index contributed by atoms with van der Waals surface area (Å²) in [5, 5.41) is 2.41. The number of thiophene rings is 1. The smallest absolute Gasteiger partial charge is 0.164 e. The molecule has 0 N–H and O–H groups in total. The molecule has 0 saturated heterocycles. The monoisotopic (exact) mass is 737 g/mol. The fraction of sp³-hybridized carbons (Fsp3) is 0.0600. The van der Waals surface area contributed by atoms with Gasteiger partial charge in [0.1, 0.15) is 0 Å². The van der Waals surface area contributed by atoms with Gasteiger partial charge in [0.25, 0.3) is 0 Å². The van der Waals surface area contributed by atoms with Crippen LogP contribution in [-0.2, 0) is 0 Å². The normalized spacial score (nSPS) is 13.9. The van der Waals surface area contributed by atoms with Crippen LogP contribution in [0.15, 0.2) is 176 Å². The summed E-state index contributed by atoms with van der Waals surface area (Å²) in [6.45, 7) is 2.22. The lowest BCUT2D eigenvalue weighted by Crippen LogP contribution is -2.04. The second kappa shape index (κ2) is 14.4. The largest absolute Gasteiger partial charge is 0.228 e. The van der Waals surface area contributed by atoms with Crippen molar-refractivity contribution in [2.24, 2.45) is 5.92 Å². The summed E-state index contributed by atoms with van der Waals surface area (Å²) >= 11 is 1.82. The van der Waals surface area contributed by atoms with Crippen molar-refractivity contribution in [1.29, 1.82) is 0 Å². The van der Waals surface area contributed by atoms with Gasteiger partial charge in [0.05, 0.1) is 11.4 Å². The van der Waals surface area contributed by atoms with Gasteiger partial charge in [-0.2, -0.15) is 0 Å². The van der Waals surface area contributed by atoms with Crippen LogP contribution in [0, 0.1) is 5.92 Å². The lowest BCUT2D eigenvalue weighted by Gasteiger charge is -2.14. The van der Waals surface area contributed by atoms with Gasteiger partial charge in [-0.25, -0.2) is 24.9 Å². The minimum atomic E-state index is 0.429. The molecular formula is C50H35N5S. The van der Waals surface area contributed by atoms with Gasteiger partial charge in [0, 0.05) is 53.6 Å². The van der Waals surface area contributed by atoms with Crippen molar-refractivity contribution in [2.75, 3.05) is 0 Å². The van der Waals surface area contributed by atoms with E-state index in [1.807, 2.05) is 65.9 Å². The van der Waals surface area contributed by atoms with Crippen molar-refractivity contribution in [1.82, 2.24) is 24.9 Å². The van der Waals surface area contributed by atoms with E-state index in [0.29, 0.717) is 29.2 Å². The Morgan fingerprint density at radius 3 is 1.70 bits per heavy atom. The van der Waals surface area contributed by atoms with Crippen LogP contribution in [0.2, 0.25) is 0 Å². The van der Waals surface area contributed by atoms with E-state index in [1.54, 1.807) is 0 Å². The predicted molar refractivity (Wildman–Crippen MR) is 232 cm³/mol. The standard InChI is InChI=1S/C50H35N5S/c1-32-14-13-21-38(30-32)50-54-48(36-19-9-4-10-20-36)53-49(55-50)37-26-24-33(25-27-37)39-28-29-40(45-41-22-11-12-23-44(41)56-46(39)45)43-31-42(34-15-5-2-6-16-34)51-47(52-43)35-17-7-3-8-18-35/h2-13,15-32H,14H2,1H3. The molecule has 6 aromatic carbocycles. The summed E-state index contributed by atoms with van der Waals surface area (Å²) in [7, 11) is 0. The lowest BCUT2D eigenvalue weighted by atomic mass is 9.96. The second-order valence-corrected chi connectivity index (χ2v) is 15.2. The first kappa shape index (κ1) is 33.7. The molecule has 1 aliphatic rings. The molecule has 0 fully saturated rings. The maximum Gasteiger partial charge on any atom is 0.164 e. The number of aromatic nitrogens is 5. The van der Waals surface area contributed by atoms with Crippen molar-refractivity contribution >= 4 is 37.1 Å². The fourth-order valence-corrected chi connectivity index (χ4v) is 8.73. The van der Waals surface area contributed by atoms with Gasteiger partial charge in [-0.05, 0) is 35.6 Å². The van der Waals surface area contributed by atoms with Crippen LogP contribution in [0.4, 0.5) is 0 Å². The van der Waals surface area contributed by atoms with E-state index in [4.69, 9.17) is 24.9 Å². The van der Waals surface area contributed by atoms with Gasteiger partial charge >= 0.3 is 0 Å². The van der Waals surface area contributed by atoms with Crippen LogP contribution in [0.5, 0.6) is 0 Å². The highest BCUT2D eigenvalue weighted by Crippen LogP contribution is 2.45. The van der Waals surface area contributed by atoms with E-state index in [1.165, 1.54) is 25.7 Å². The minimum absolute atomic E-state index is 0.429. The maximum atomic E-state index is 5.22. The number of allylic oxidation sites excluding steroid dienone is 4. The average Bonchev–Trinajstić information content (AvgIpc) is 3.67. The molecule has 0 radical (unpaired) electrons. The van der Waals surface area contributed by atoms with Gasteiger partial charge in [-0.1, -0.05) is 171 Å². The Balaban J connectivity index is 1.10. The van der Waals surface area contributed by atoms with Crippen molar-refractivity contribution in [3.63, 3.8) is 0 Å². The molecule has 0 amide bonds. The Morgan fingerprint density at radius 1 is 0.482 bits per heavy atom. The van der Waals surface area contributed by atoms with Crippen LogP contribution in [0.3, 0.4) is 0 Å². The number of nitrogens with zero attached hydrogens (tertiary/aromatic N) is 5. The van der Waals surface area contributed by atoms with Crippen molar-refractivity contribution in [2.45, 2.75) is 13.3 Å². The van der Waals surface area contributed by atoms with E-state index in [2.05, 4.69) is 128 Å². The fourth-order valence-electron chi connectivity index (χ4n) is 7.47. The summed E-state index contributed by atoms with van der Waals surface area (Å²) < 4.78 is 2.46. The summed E-state index contributed by atoms with van der Waals surface area (Å²) in [4.78, 5) is 25.2. The zero-order valence-corrected chi connectivity index (χ0v) is 31.5. The molecule has 1 unspecified atom stereocenters. The van der Waals surface area contributed by atoms with Crippen molar-refractivity contribution in [3.05, 3.63) is 182 Å². The van der Waals surface area contributed by atoms with Crippen molar-refractivity contribution in [3.8, 4) is 67.8 Å². The van der Waals surface area contributed by atoms with Gasteiger partial charge in [0.2, 0.25) is 0 Å². The number of hydrogen-bond acceptors (Lipinski definition) is 6. The Kier molecular flexibility index (Phi) is 8.66. The first-order valence-electron chi connectivity index (χ1n) is 18.9. The van der Waals surface area contributed by atoms with Crippen LogP contribution < -0.4 is 0 Å². The molecule has 9 aromatic rings. The Hall–Kier alpha value is -6.89. The molecule has 266 valence electrons. The van der Waals surface area contributed by atoms with Crippen LogP contribution in [0.1, 0.15) is 19.2 Å². The second-order valence-electron chi connectivity index (χ2n) is 14.1. The van der Waals surface area contributed by atoms with Gasteiger partial charge in [-0.3, -0.25) is 0 Å². The van der Waals surface area contributed by atoms with E-state index >= 15 is 0 Å². The first-order valence-corrected chi connectivity index (χ1v) is 19.7. The number of rotatable bonds is 7. The summed E-state index contributed by atoms with van der Waals surface area (Å²) in [6, 6.07) is 54.6. The zero-order chi connectivity index (χ0) is 37.4. The molecular weight excluding hydrogens is 703 g/mol. The summed E-state index contributed by atoms with van der Waals surface area (Å²) in [6.07, 6.45) is 7.60. The predicted octanol–water partition coefficient (Wildman–Crippen LogP) is 13.0. The zero-order valence-electron chi connectivity index (χ0n) is 30.7. The Labute approximate surface area is 329 Å². The summed E-state index contributed by atoms with van der Waals surface area (Å²) in [5.41, 5.74) is 10.1. The molecule has 0 saturated carbocycles. The molecule has 10 rings (SSSR count). The van der Waals surface area contributed by atoms with E-state index in [9.17, 15) is 0 Å².